The fourth-order valence-corrected chi connectivity index (χ4v) is 1.18. The summed E-state index contributed by atoms with van der Waals surface area (Å²) in [5, 5.41) is 16.3. The number of fused-ring (bicyclic) bond motifs is 1. The van der Waals surface area contributed by atoms with Crippen molar-refractivity contribution in [2.45, 2.75) is 13.8 Å². The van der Waals surface area contributed by atoms with Crippen molar-refractivity contribution in [1.29, 1.82) is 0 Å². The van der Waals surface area contributed by atoms with Crippen LogP contribution in [0.25, 0.3) is 11.0 Å². The van der Waals surface area contributed by atoms with Crippen LogP contribution in [0.3, 0.4) is 0 Å². The second-order valence-electron chi connectivity index (χ2n) is 3.04. The molecule has 0 aliphatic heterocycles. The molecule has 2 rings (SSSR count). The van der Waals surface area contributed by atoms with Crippen molar-refractivity contribution >= 4 is 11.0 Å². The molecule has 0 saturated heterocycles. The third-order valence-corrected chi connectivity index (χ3v) is 2.06. The van der Waals surface area contributed by atoms with Crippen LogP contribution in [0.15, 0.2) is 12.1 Å². The van der Waals surface area contributed by atoms with Gasteiger partial charge in [-0.25, -0.2) is 0 Å². The fraction of sp³-hybridized carbons (Fsp3) is 0.222. The Morgan fingerprint density at radius 2 is 1.62 bits per heavy atom. The third kappa shape index (κ3) is 1.30. The normalized spacial score (nSPS) is 10.6. The monoisotopic (exact) mass is 175 g/mol. The van der Waals surface area contributed by atoms with Crippen molar-refractivity contribution in [3.8, 4) is 6.01 Å². The number of aromatic nitrogens is 3. The molecule has 0 aliphatic rings. The minimum absolute atomic E-state index is 0.282. The molecule has 0 bridgehead atoms. The average molecular weight is 175 g/mol. The van der Waals surface area contributed by atoms with Gasteiger partial charge in [-0.05, 0) is 37.1 Å². The molecule has 0 amide bonds. The number of rotatable bonds is 0. The topological polar surface area (TPSA) is 58.9 Å². The molecule has 1 aromatic carbocycles. The van der Waals surface area contributed by atoms with Gasteiger partial charge in [-0.3, -0.25) is 0 Å². The molecule has 2 aromatic rings. The van der Waals surface area contributed by atoms with E-state index in [0.29, 0.717) is 11.0 Å². The summed E-state index contributed by atoms with van der Waals surface area (Å²) in [6.07, 6.45) is 0. The molecule has 0 saturated carbocycles. The lowest BCUT2D eigenvalue weighted by molar-refractivity contribution is 0.425. The molecule has 0 atom stereocenters. The first-order valence-corrected chi connectivity index (χ1v) is 3.97. The molecule has 0 spiro atoms. The van der Waals surface area contributed by atoms with Crippen LogP contribution in [0.5, 0.6) is 6.01 Å². The Morgan fingerprint density at radius 3 is 2.31 bits per heavy atom. The van der Waals surface area contributed by atoms with Crippen molar-refractivity contribution in [2.24, 2.45) is 0 Å². The van der Waals surface area contributed by atoms with E-state index in [1.165, 1.54) is 0 Å². The zero-order valence-electron chi connectivity index (χ0n) is 7.44. The van der Waals surface area contributed by atoms with E-state index in [-0.39, 0.29) is 6.01 Å². The number of hydrogen-bond donors (Lipinski definition) is 1. The van der Waals surface area contributed by atoms with E-state index in [1.54, 1.807) is 0 Å². The number of hydrogen-bond acceptors (Lipinski definition) is 4. The number of aromatic hydroxyl groups is 1. The maximum Gasteiger partial charge on any atom is 0.333 e. The fourth-order valence-electron chi connectivity index (χ4n) is 1.18. The van der Waals surface area contributed by atoms with E-state index < -0.39 is 0 Å². The maximum absolute atomic E-state index is 9.01. The van der Waals surface area contributed by atoms with Gasteiger partial charge in [0.2, 0.25) is 0 Å². The van der Waals surface area contributed by atoms with Gasteiger partial charge in [-0.15, -0.1) is 5.10 Å². The molecule has 1 heterocycles. The quantitative estimate of drug-likeness (QED) is 0.656. The van der Waals surface area contributed by atoms with Crippen LogP contribution in [0, 0.1) is 13.8 Å². The van der Waals surface area contributed by atoms with Crippen LogP contribution < -0.4 is 0 Å². The molecule has 4 nitrogen and oxygen atoms in total. The van der Waals surface area contributed by atoms with Gasteiger partial charge in [0.05, 0.1) is 5.52 Å². The maximum atomic E-state index is 9.01. The van der Waals surface area contributed by atoms with E-state index in [0.717, 1.165) is 11.1 Å². The average Bonchev–Trinajstić information content (AvgIpc) is 2.08. The van der Waals surface area contributed by atoms with Gasteiger partial charge in [0, 0.05) is 0 Å². The third-order valence-electron chi connectivity index (χ3n) is 2.06. The minimum Gasteiger partial charge on any atom is -0.478 e. The van der Waals surface area contributed by atoms with Crippen molar-refractivity contribution in [3.63, 3.8) is 0 Å². The summed E-state index contributed by atoms with van der Waals surface area (Å²) in [6, 6.07) is 3.51. The molecule has 1 N–H and O–H groups in total. The number of benzene rings is 1. The first-order chi connectivity index (χ1) is 6.16. The van der Waals surface area contributed by atoms with Crippen LogP contribution in [-0.2, 0) is 0 Å². The zero-order valence-corrected chi connectivity index (χ0v) is 7.44. The van der Waals surface area contributed by atoms with Gasteiger partial charge in [0.25, 0.3) is 0 Å². The van der Waals surface area contributed by atoms with Crippen LogP contribution in [0.4, 0.5) is 0 Å². The van der Waals surface area contributed by atoms with E-state index in [9.17, 15) is 0 Å². The number of nitrogens with zero attached hydrogens (tertiary/aromatic N) is 3. The molecule has 0 radical (unpaired) electrons. The summed E-state index contributed by atoms with van der Waals surface area (Å²) in [7, 11) is 0. The molecule has 0 fully saturated rings. The van der Waals surface area contributed by atoms with Gasteiger partial charge >= 0.3 is 6.01 Å². The highest BCUT2D eigenvalue weighted by molar-refractivity contribution is 5.75. The molecule has 13 heavy (non-hydrogen) atoms. The summed E-state index contributed by atoms with van der Waals surface area (Å²) in [5.74, 6) is 0. The van der Waals surface area contributed by atoms with Crippen LogP contribution >= 0.6 is 0 Å². The highest BCUT2D eigenvalue weighted by Crippen LogP contribution is 2.15. The predicted octanol–water partition coefficient (Wildman–Crippen LogP) is 1.35. The smallest absolute Gasteiger partial charge is 0.333 e. The lowest BCUT2D eigenvalue weighted by atomic mass is 10.1. The zero-order chi connectivity index (χ0) is 9.42. The summed E-state index contributed by atoms with van der Waals surface area (Å²) < 4.78 is 0. The second kappa shape index (κ2) is 2.65. The summed E-state index contributed by atoms with van der Waals surface area (Å²) in [6.45, 7) is 4.00. The SMILES string of the molecule is Cc1cc2nnc(O)nc2cc1C. The Balaban J connectivity index is 2.81. The van der Waals surface area contributed by atoms with Gasteiger partial charge < -0.3 is 5.11 Å². The molecule has 0 unspecified atom stereocenters. The summed E-state index contributed by atoms with van der Waals surface area (Å²) in [5.41, 5.74) is 3.66. The van der Waals surface area contributed by atoms with E-state index >= 15 is 0 Å². The van der Waals surface area contributed by atoms with E-state index in [2.05, 4.69) is 15.2 Å². The molecular weight excluding hydrogens is 166 g/mol. The van der Waals surface area contributed by atoms with Crippen LogP contribution in [0.2, 0.25) is 0 Å². The summed E-state index contributed by atoms with van der Waals surface area (Å²) >= 11 is 0. The molecule has 4 heteroatoms. The second-order valence-corrected chi connectivity index (χ2v) is 3.04. The lowest BCUT2D eigenvalue weighted by Gasteiger charge is -2.01. The van der Waals surface area contributed by atoms with Crippen LogP contribution in [-0.4, -0.2) is 20.3 Å². The largest absolute Gasteiger partial charge is 0.478 e. The Hall–Kier alpha value is -1.71. The Morgan fingerprint density at radius 1 is 1.00 bits per heavy atom. The van der Waals surface area contributed by atoms with Gasteiger partial charge in [-0.1, -0.05) is 5.10 Å². The van der Waals surface area contributed by atoms with Crippen LogP contribution in [0.1, 0.15) is 11.1 Å². The molecule has 1 aromatic heterocycles. The van der Waals surface area contributed by atoms with Crippen molar-refractivity contribution < 1.29 is 5.11 Å². The van der Waals surface area contributed by atoms with Crippen molar-refractivity contribution in [1.82, 2.24) is 15.2 Å². The first-order valence-electron chi connectivity index (χ1n) is 3.97. The Labute approximate surface area is 75.3 Å². The van der Waals surface area contributed by atoms with Gasteiger partial charge in [0.1, 0.15) is 5.52 Å². The predicted molar refractivity (Wildman–Crippen MR) is 48.5 cm³/mol. The number of aryl methyl sites for hydroxylation is 2. The highest BCUT2D eigenvalue weighted by Gasteiger charge is 2.01. The minimum atomic E-state index is -0.282. The van der Waals surface area contributed by atoms with Crippen molar-refractivity contribution in [2.75, 3.05) is 0 Å². The Bertz CT molecular complexity index is 468. The molecule has 66 valence electrons. The first kappa shape index (κ1) is 7.91. The standard InChI is InChI=1S/C9H9N3O/c1-5-3-7-8(4-6(5)2)11-12-9(13)10-7/h3-4H,1-2H3,(H,10,12,13). The van der Waals surface area contributed by atoms with E-state index in [1.807, 2.05) is 26.0 Å². The van der Waals surface area contributed by atoms with Gasteiger partial charge in [-0.2, -0.15) is 4.98 Å². The van der Waals surface area contributed by atoms with Crippen molar-refractivity contribution in [3.05, 3.63) is 23.3 Å². The Kier molecular flexibility index (Phi) is 1.62. The van der Waals surface area contributed by atoms with Gasteiger partial charge in [0.15, 0.2) is 0 Å². The summed E-state index contributed by atoms with van der Waals surface area (Å²) in [4.78, 5) is 3.86. The highest BCUT2D eigenvalue weighted by atomic mass is 16.3. The molecule has 0 aliphatic carbocycles. The van der Waals surface area contributed by atoms with E-state index in [4.69, 9.17) is 5.11 Å². The lowest BCUT2D eigenvalue weighted by Crippen LogP contribution is -1.91. The molecular formula is C9H9N3O.